The van der Waals surface area contributed by atoms with Gasteiger partial charge in [0, 0.05) is 18.2 Å². The second kappa shape index (κ2) is 13.0. The molecule has 2 unspecified atom stereocenters. The topological polar surface area (TPSA) is 149 Å². The molecule has 0 heterocycles. The number of aryl methyl sites for hydroxylation is 1. The van der Waals surface area contributed by atoms with Gasteiger partial charge >= 0.3 is 5.97 Å². The first-order valence-electron chi connectivity index (χ1n) is 11.8. The van der Waals surface area contributed by atoms with E-state index in [1.165, 1.54) is 13.2 Å². The minimum Gasteiger partial charge on any atom is -0.768 e. The normalized spacial score (nSPS) is 12.4. The third-order valence-electron chi connectivity index (χ3n) is 5.86. The van der Waals surface area contributed by atoms with Crippen LogP contribution >= 0.6 is 0 Å². The minimum absolute atomic E-state index is 0.106. The van der Waals surface area contributed by atoms with Gasteiger partial charge in [-0.15, -0.1) is 0 Å². The molecule has 3 aromatic rings. The zero-order chi connectivity index (χ0) is 26.9. The Balaban J connectivity index is 1.83. The number of para-hydroxylation sites is 1. The summed E-state index contributed by atoms with van der Waals surface area (Å²) in [6.07, 6.45) is 0.106. The lowest BCUT2D eigenvalue weighted by molar-refractivity contribution is -0.143. The largest absolute Gasteiger partial charge is 0.768 e. The Morgan fingerprint density at radius 1 is 1.08 bits per heavy atom. The standard InChI is InChI=1S/C27H33N3O6S/c1-4-35-26(31)16-20(19-13-21(28)27(29)24(15-19)34-3)18-10-9-17(2)22(14-18)30-11-12-36-23-7-5-6-8-25(23)37(32)33/h5-10,13-15,20,30H,4,11-12,16,28-29H2,1-3H3,(H,32,33)/p-1. The first kappa shape index (κ1) is 27.8. The van der Waals surface area contributed by atoms with Crippen molar-refractivity contribution in [1.82, 2.24) is 0 Å². The molecule has 0 aliphatic rings. The molecule has 37 heavy (non-hydrogen) atoms. The fourth-order valence-corrected chi connectivity index (χ4v) is 4.44. The van der Waals surface area contributed by atoms with E-state index in [0.29, 0.717) is 29.4 Å². The molecule has 3 aromatic carbocycles. The third kappa shape index (κ3) is 7.14. The highest BCUT2D eigenvalue weighted by atomic mass is 32.2. The van der Waals surface area contributed by atoms with E-state index < -0.39 is 11.1 Å². The van der Waals surface area contributed by atoms with Gasteiger partial charge in [-0.2, -0.15) is 0 Å². The van der Waals surface area contributed by atoms with Gasteiger partial charge in [-0.05, 0) is 72.0 Å². The molecule has 0 amide bonds. The summed E-state index contributed by atoms with van der Waals surface area (Å²) in [7, 11) is 1.51. The molecule has 0 radical (unpaired) electrons. The Morgan fingerprint density at radius 3 is 2.54 bits per heavy atom. The Hall–Kier alpha value is -3.76. The van der Waals surface area contributed by atoms with E-state index in [0.717, 1.165) is 22.4 Å². The maximum Gasteiger partial charge on any atom is 0.306 e. The van der Waals surface area contributed by atoms with Crippen LogP contribution < -0.4 is 26.3 Å². The number of carbonyl (C=O) groups is 1. The van der Waals surface area contributed by atoms with Crippen LogP contribution in [0.25, 0.3) is 0 Å². The number of hydrogen-bond acceptors (Lipinski definition) is 9. The zero-order valence-corrected chi connectivity index (χ0v) is 21.9. The van der Waals surface area contributed by atoms with Crippen LogP contribution in [0.4, 0.5) is 17.1 Å². The van der Waals surface area contributed by atoms with Gasteiger partial charge in [0.15, 0.2) is 0 Å². The van der Waals surface area contributed by atoms with Crippen molar-refractivity contribution in [2.24, 2.45) is 0 Å². The Labute approximate surface area is 219 Å². The molecule has 0 bridgehead atoms. The molecular weight excluding hydrogens is 494 g/mol. The Morgan fingerprint density at radius 2 is 1.84 bits per heavy atom. The maximum atomic E-state index is 12.5. The Kier molecular flexibility index (Phi) is 9.76. The first-order chi connectivity index (χ1) is 17.7. The van der Waals surface area contributed by atoms with E-state index >= 15 is 0 Å². The van der Waals surface area contributed by atoms with Crippen molar-refractivity contribution in [3.8, 4) is 11.5 Å². The van der Waals surface area contributed by atoms with E-state index in [1.807, 2.05) is 25.1 Å². The zero-order valence-electron chi connectivity index (χ0n) is 21.1. The average molecular weight is 527 g/mol. The summed E-state index contributed by atoms with van der Waals surface area (Å²) in [6, 6.07) is 15.9. The molecule has 198 valence electrons. The summed E-state index contributed by atoms with van der Waals surface area (Å²) >= 11 is -2.38. The molecule has 0 fully saturated rings. The molecular formula is C27H32N3O6S-. The monoisotopic (exact) mass is 526 g/mol. The van der Waals surface area contributed by atoms with Crippen LogP contribution in [0, 0.1) is 6.92 Å². The minimum atomic E-state index is -2.38. The van der Waals surface area contributed by atoms with E-state index in [1.54, 1.807) is 37.3 Å². The number of ether oxygens (including phenoxy) is 3. The van der Waals surface area contributed by atoms with Crippen LogP contribution in [0.1, 0.15) is 36.0 Å². The lowest BCUT2D eigenvalue weighted by atomic mass is 9.87. The SMILES string of the molecule is CCOC(=O)CC(c1ccc(C)c(NCCOc2ccccc2S(=O)[O-])c1)c1cc(N)c(N)c(OC)c1. The molecule has 9 nitrogen and oxygen atoms in total. The van der Waals surface area contributed by atoms with Gasteiger partial charge in [0.2, 0.25) is 0 Å². The predicted molar refractivity (Wildman–Crippen MR) is 144 cm³/mol. The number of nitrogens with one attached hydrogen (secondary N) is 1. The van der Waals surface area contributed by atoms with Gasteiger partial charge in [0.25, 0.3) is 0 Å². The van der Waals surface area contributed by atoms with Crippen molar-refractivity contribution in [3.05, 3.63) is 71.3 Å². The van der Waals surface area contributed by atoms with Crippen LogP contribution in [-0.4, -0.2) is 41.6 Å². The summed E-state index contributed by atoms with van der Waals surface area (Å²) in [5.74, 6) is 0.0465. The van der Waals surface area contributed by atoms with Crippen LogP contribution in [0.2, 0.25) is 0 Å². The number of carbonyl (C=O) groups excluding carboxylic acids is 1. The molecule has 0 aromatic heterocycles. The highest BCUT2D eigenvalue weighted by Gasteiger charge is 2.22. The molecule has 3 rings (SSSR count). The van der Waals surface area contributed by atoms with Gasteiger partial charge in [0.1, 0.15) is 18.1 Å². The van der Waals surface area contributed by atoms with Crippen molar-refractivity contribution in [2.45, 2.75) is 31.1 Å². The van der Waals surface area contributed by atoms with E-state index in [4.69, 9.17) is 25.7 Å². The molecule has 10 heteroatoms. The number of anilines is 3. The summed E-state index contributed by atoms with van der Waals surface area (Å²) in [4.78, 5) is 12.6. The number of methoxy groups -OCH3 is 1. The Bertz CT molecular complexity index is 1270. The van der Waals surface area contributed by atoms with Gasteiger partial charge in [-0.25, -0.2) is 0 Å². The highest BCUT2D eigenvalue weighted by Crippen LogP contribution is 2.37. The van der Waals surface area contributed by atoms with Crippen LogP contribution in [-0.2, 0) is 20.6 Å². The third-order valence-corrected chi connectivity index (χ3v) is 6.56. The molecule has 5 N–H and O–H groups in total. The van der Waals surface area contributed by atoms with E-state index in [9.17, 15) is 13.6 Å². The lowest BCUT2D eigenvalue weighted by Crippen LogP contribution is -2.15. The quantitative estimate of drug-likeness (QED) is 0.138. The summed E-state index contributed by atoms with van der Waals surface area (Å²) in [6.45, 7) is 4.68. The van der Waals surface area contributed by atoms with Gasteiger partial charge < -0.3 is 35.5 Å². The lowest BCUT2D eigenvalue weighted by Gasteiger charge is -2.21. The summed E-state index contributed by atoms with van der Waals surface area (Å²) < 4.78 is 39.1. The van der Waals surface area contributed by atoms with Crippen molar-refractivity contribution in [1.29, 1.82) is 0 Å². The van der Waals surface area contributed by atoms with Crippen molar-refractivity contribution in [2.75, 3.05) is 43.7 Å². The predicted octanol–water partition coefficient (Wildman–Crippen LogP) is 3.98. The number of nitrogen functional groups attached to an aromatic ring is 2. The van der Waals surface area contributed by atoms with Gasteiger partial charge in [-0.1, -0.05) is 24.3 Å². The molecule has 0 aliphatic carbocycles. The van der Waals surface area contributed by atoms with Gasteiger partial charge in [0.05, 0.1) is 36.4 Å². The average Bonchev–Trinajstić information content (AvgIpc) is 2.88. The van der Waals surface area contributed by atoms with Crippen LogP contribution in [0.15, 0.2) is 59.5 Å². The highest BCUT2D eigenvalue weighted by molar-refractivity contribution is 7.79. The van der Waals surface area contributed by atoms with Crippen LogP contribution in [0.5, 0.6) is 11.5 Å². The van der Waals surface area contributed by atoms with Crippen molar-refractivity contribution >= 4 is 34.1 Å². The second-order valence-corrected chi connectivity index (χ2v) is 9.23. The maximum absolute atomic E-state index is 12.5. The van der Waals surface area contributed by atoms with Gasteiger partial charge in [-0.3, -0.25) is 9.00 Å². The number of nitrogens with two attached hydrogens (primary N) is 2. The van der Waals surface area contributed by atoms with E-state index in [2.05, 4.69) is 5.32 Å². The fraction of sp³-hybridized carbons (Fsp3) is 0.296. The van der Waals surface area contributed by atoms with E-state index in [-0.39, 0.29) is 36.4 Å². The molecule has 0 saturated heterocycles. The molecule has 0 saturated carbocycles. The number of esters is 1. The molecule has 2 atom stereocenters. The number of benzene rings is 3. The smallest absolute Gasteiger partial charge is 0.306 e. The molecule has 0 aliphatic heterocycles. The summed E-state index contributed by atoms with van der Waals surface area (Å²) in [5.41, 5.74) is 16.4. The summed E-state index contributed by atoms with van der Waals surface area (Å²) in [5, 5.41) is 3.34. The molecule has 0 spiro atoms. The second-order valence-electron chi connectivity index (χ2n) is 8.32. The fourth-order valence-electron chi connectivity index (χ4n) is 3.96. The van der Waals surface area contributed by atoms with Crippen LogP contribution in [0.3, 0.4) is 0 Å². The number of hydrogen-bond donors (Lipinski definition) is 3. The first-order valence-corrected chi connectivity index (χ1v) is 12.9. The van der Waals surface area contributed by atoms with Crippen molar-refractivity contribution in [3.63, 3.8) is 0 Å². The number of rotatable bonds is 12. The van der Waals surface area contributed by atoms with Crippen molar-refractivity contribution < 1.29 is 27.8 Å².